The number of carboxylic acids is 1. The van der Waals surface area contributed by atoms with Crippen LogP contribution < -0.4 is 0 Å². The molecule has 0 radical (unpaired) electrons. The van der Waals surface area contributed by atoms with Gasteiger partial charge in [-0.2, -0.15) is 0 Å². The molecule has 0 saturated heterocycles. The first-order chi connectivity index (χ1) is 46.6. The van der Waals surface area contributed by atoms with Crippen molar-refractivity contribution in [1.29, 1.82) is 0 Å². The molecule has 538 valence electrons. The molecule has 0 aliphatic heterocycles. The van der Waals surface area contributed by atoms with Crippen molar-refractivity contribution in [3.8, 4) is 0 Å². The second-order valence-electron chi connectivity index (χ2n) is 26.2. The molecule has 0 saturated carbocycles. The summed E-state index contributed by atoms with van der Waals surface area (Å²) in [5.74, 6) is -2.03. The molecular weight excluding hydrogens is 1170 g/mol. The van der Waals surface area contributed by atoms with Gasteiger partial charge in [-0.1, -0.05) is 325 Å². The van der Waals surface area contributed by atoms with Gasteiger partial charge in [-0.3, -0.25) is 9.59 Å². The van der Waals surface area contributed by atoms with E-state index < -0.39 is 24.3 Å². The molecule has 0 rings (SSSR count). The van der Waals surface area contributed by atoms with Gasteiger partial charge >= 0.3 is 17.9 Å². The predicted octanol–water partition coefficient (Wildman–Crippen LogP) is 24.6. The van der Waals surface area contributed by atoms with Gasteiger partial charge < -0.3 is 28.5 Å². The Bertz CT molecular complexity index is 2170. The van der Waals surface area contributed by atoms with Gasteiger partial charge in [0.25, 0.3) is 6.29 Å². The van der Waals surface area contributed by atoms with Crippen molar-refractivity contribution in [3.05, 3.63) is 170 Å². The number of nitrogens with zero attached hydrogens (tertiary/aromatic N) is 1. The van der Waals surface area contributed by atoms with E-state index in [-0.39, 0.29) is 32.2 Å². The molecule has 0 aliphatic rings. The summed E-state index contributed by atoms with van der Waals surface area (Å²) in [5, 5.41) is 9.77. The van der Waals surface area contributed by atoms with Crippen LogP contribution in [0.3, 0.4) is 0 Å². The Kier molecular flexibility index (Phi) is 70.2. The summed E-state index contributed by atoms with van der Waals surface area (Å²) >= 11 is 0. The largest absolute Gasteiger partial charge is 0.477 e. The number of aliphatic carboxylic acids is 1. The minimum Gasteiger partial charge on any atom is -0.477 e. The molecule has 0 spiro atoms. The van der Waals surface area contributed by atoms with E-state index in [0.29, 0.717) is 23.9 Å². The zero-order valence-electron chi connectivity index (χ0n) is 61.5. The van der Waals surface area contributed by atoms with Crippen LogP contribution in [0.5, 0.6) is 0 Å². The van der Waals surface area contributed by atoms with Crippen molar-refractivity contribution in [1.82, 2.24) is 0 Å². The number of carboxylic acid groups (broad SMARTS) is 1. The number of likely N-dealkylation sites (N-methyl/N-ethyl adjacent to an activating group) is 1. The van der Waals surface area contributed by atoms with E-state index in [1.54, 1.807) is 0 Å². The van der Waals surface area contributed by atoms with Gasteiger partial charge in [-0.25, -0.2) is 4.79 Å². The lowest BCUT2D eigenvalue weighted by Crippen LogP contribution is -2.40. The predicted molar refractivity (Wildman–Crippen MR) is 410 cm³/mol. The zero-order valence-corrected chi connectivity index (χ0v) is 61.5. The molecule has 0 aromatic heterocycles. The van der Waals surface area contributed by atoms with E-state index in [0.717, 1.165) is 148 Å². The smallest absolute Gasteiger partial charge is 0.361 e. The standard InChI is InChI=1S/C86H141NO8/c1-6-8-10-12-14-16-18-20-22-24-26-28-30-32-34-36-38-39-40-41-42-43-44-45-47-48-50-52-54-56-58-60-62-64-66-68-70-72-74-76-83(88)93-80-82(81-94-86(85(90)91)92-79-78-87(3,4)5)95-84(89)77-75-73-71-69-67-65-63-61-59-57-55-53-51-49-46-37-35-33-31-29-27-25-23-21-19-17-15-13-11-9-7-2/h8-11,14-17,20-23,26-29,32-35,38-39,46,49,53,55,59,61,82,86H,6-7,12-13,18-19,24-25,30-31,36-37,40-45,47-48,50-52,54,56-58,60,62-81H2,1-5H3/p+1/b10-8-,11-9-,16-14-,17-15-,22-20-,23-21-,28-26-,29-27-,34-32-,35-33-,39-38-,49-46-,55-53-,61-59-. The first-order valence-corrected chi connectivity index (χ1v) is 38.3. The number of carbonyl (C=O) groups excluding carboxylic acids is 2. The highest BCUT2D eigenvalue weighted by Crippen LogP contribution is 2.17. The van der Waals surface area contributed by atoms with Crippen molar-refractivity contribution >= 4 is 17.9 Å². The normalized spacial score (nSPS) is 13.7. The average Bonchev–Trinajstić information content (AvgIpc) is 3.24. The van der Waals surface area contributed by atoms with Crippen LogP contribution in [0.25, 0.3) is 0 Å². The molecule has 0 aromatic rings. The maximum absolute atomic E-state index is 13.0. The quantitative estimate of drug-likeness (QED) is 0.0211. The summed E-state index contributed by atoms with van der Waals surface area (Å²) in [6.07, 6.45) is 109. The number of allylic oxidation sites excluding steroid dienone is 28. The first kappa shape index (κ1) is 89.6. The van der Waals surface area contributed by atoms with Gasteiger partial charge in [0, 0.05) is 12.8 Å². The number of ether oxygens (including phenoxy) is 4. The van der Waals surface area contributed by atoms with Gasteiger partial charge in [-0.15, -0.1) is 0 Å². The van der Waals surface area contributed by atoms with Gasteiger partial charge in [0.1, 0.15) is 13.2 Å². The Hall–Kier alpha value is -5.35. The van der Waals surface area contributed by atoms with E-state index in [1.807, 2.05) is 21.1 Å². The highest BCUT2D eigenvalue weighted by molar-refractivity contribution is 5.71. The van der Waals surface area contributed by atoms with E-state index >= 15 is 0 Å². The number of unbranched alkanes of at least 4 members (excludes halogenated alkanes) is 26. The van der Waals surface area contributed by atoms with E-state index in [4.69, 9.17) is 18.9 Å². The number of hydrogen-bond acceptors (Lipinski definition) is 7. The molecule has 95 heavy (non-hydrogen) atoms. The minimum absolute atomic E-state index is 0.177. The number of esters is 2. The van der Waals surface area contributed by atoms with Crippen LogP contribution in [0.15, 0.2) is 170 Å². The lowest BCUT2D eigenvalue weighted by atomic mass is 10.0. The molecule has 0 aromatic carbocycles. The van der Waals surface area contributed by atoms with Crippen molar-refractivity contribution < 1.29 is 42.9 Å². The van der Waals surface area contributed by atoms with Crippen molar-refractivity contribution in [2.75, 3.05) is 47.5 Å². The third kappa shape index (κ3) is 75.9. The lowest BCUT2D eigenvalue weighted by molar-refractivity contribution is -0.870. The second-order valence-corrected chi connectivity index (χ2v) is 26.2. The maximum Gasteiger partial charge on any atom is 0.361 e. The van der Waals surface area contributed by atoms with Crippen LogP contribution >= 0.6 is 0 Å². The molecule has 0 bridgehead atoms. The Morgan fingerprint density at radius 3 is 0.842 bits per heavy atom. The Morgan fingerprint density at radius 1 is 0.316 bits per heavy atom. The van der Waals surface area contributed by atoms with Crippen LogP contribution in [-0.2, 0) is 33.3 Å². The lowest BCUT2D eigenvalue weighted by Gasteiger charge is -2.25. The van der Waals surface area contributed by atoms with Crippen molar-refractivity contribution in [2.24, 2.45) is 0 Å². The third-order valence-electron chi connectivity index (χ3n) is 16.0. The summed E-state index contributed by atoms with van der Waals surface area (Å²) in [5.41, 5.74) is 0. The Balaban J connectivity index is 4.10. The van der Waals surface area contributed by atoms with E-state index in [1.165, 1.54) is 116 Å². The molecule has 0 amide bonds. The molecule has 2 atom stereocenters. The van der Waals surface area contributed by atoms with Crippen LogP contribution in [0, 0.1) is 0 Å². The highest BCUT2D eigenvalue weighted by atomic mass is 16.7. The monoisotopic (exact) mass is 1320 g/mol. The van der Waals surface area contributed by atoms with Gasteiger partial charge in [0.2, 0.25) is 0 Å². The van der Waals surface area contributed by atoms with Crippen LogP contribution in [-0.4, -0.2) is 87.4 Å². The summed E-state index contributed by atoms with van der Waals surface area (Å²) in [7, 11) is 5.97. The fraction of sp³-hybridized carbons (Fsp3) is 0.640. The molecule has 0 fully saturated rings. The van der Waals surface area contributed by atoms with Crippen molar-refractivity contribution in [3.63, 3.8) is 0 Å². The Labute approximate surface area is 584 Å². The maximum atomic E-state index is 13.0. The molecule has 0 aliphatic carbocycles. The van der Waals surface area contributed by atoms with Crippen molar-refractivity contribution in [2.45, 2.75) is 309 Å². The van der Waals surface area contributed by atoms with Crippen LogP contribution in [0.4, 0.5) is 0 Å². The number of hydrogen-bond donors (Lipinski definition) is 1. The number of carbonyl (C=O) groups is 3. The summed E-state index contributed by atoms with van der Waals surface area (Å²) in [6, 6.07) is 0. The fourth-order valence-electron chi connectivity index (χ4n) is 10.2. The molecule has 0 heterocycles. The fourth-order valence-corrected chi connectivity index (χ4v) is 10.2. The Morgan fingerprint density at radius 2 is 0.568 bits per heavy atom. The van der Waals surface area contributed by atoms with Gasteiger partial charge in [0.05, 0.1) is 34.4 Å². The number of rotatable bonds is 69. The molecule has 2 unspecified atom stereocenters. The summed E-state index contributed by atoms with van der Waals surface area (Å²) in [6.45, 7) is 4.63. The third-order valence-corrected chi connectivity index (χ3v) is 16.0. The van der Waals surface area contributed by atoms with Crippen LogP contribution in [0.2, 0.25) is 0 Å². The van der Waals surface area contributed by atoms with Crippen LogP contribution in [0.1, 0.15) is 296 Å². The highest BCUT2D eigenvalue weighted by Gasteiger charge is 2.25. The average molecular weight is 1320 g/mol. The molecule has 9 heteroatoms. The van der Waals surface area contributed by atoms with Gasteiger partial charge in [0.15, 0.2) is 6.10 Å². The first-order valence-electron chi connectivity index (χ1n) is 38.3. The molecule has 1 N–H and O–H groups in total. The number of quaternary nitrogens is 1. The van der Waals surface area contributed by atoms with E-state index in [2.05, 4.69) is 184 Å². The summed E-state index contributed by atoms with van der Waals surface area (Å²) < 4.78 is 23.0. The summed E-state index contributed by atoms with van der Waals surface area (Å²) in [4.78, 5) is 37.7. The minimum atomic E-state index is -1.52. The molecule has 9 nitrogen and oxygen atoms in total. The molecular formula is C86H142NO8+. The van der Waals surface area contributed by atoms with E-state index in [9.17, 15) is 19.5 Å². The topological polar surface area (TPSA) is 108 Å². The second kappa shape index (κ2) is 74.4. The van der Waals surface area contributed by atoms with Gasteiger partial charge in [-0.05, 0) is 128 Å². The zero-order chi connectivity index (χ0) is 69.0. The SMILES string of the molecule is CC/C=C\C/C=C\C/C=C\C/C=C\C/C=C\C/C=C\C/C=C\C/C=C\CCCCCCCCC(=O)OC(COC(=O)CCCCCCCCCCCCCCCCCCCCCC/C=C\C/C=C\C/C=C\C/C=C\C/C=C\C/C=C\CC)COC(OCC[N+](C)(C)C)C(=O)O.